The van der Waals surface area contributed by atoms with Crippen molar-refractivity contribution in [1.29, 1.82) is 0 Å². The van der Waals surface area contributed by atoms with Gasteiger partial charge in [0.25, 0.3) is 5.95 Å². The topological polar surface area (TPSA) is 46.8 Å². The molecule has 0 atom stereocenters. The Morgan fingerprint density at radius 3 is 2.63 bits per heavy atom. The molecule has 1 aromatic carbocycles. The van der Waals surface area contributed by atoms with Crippen molar-refractivity contribution in [1.82, 2.24) is 19.7 Å². The van der Waals surface area contributed by atoms with E-state index in [9.17, 15) is 0 Å². The Bertz CT molecular complexity index is 912. The molecule has 0 N–H and O–H groups in total. The zero-order chi connectivity index (χ0) is 18.1. The van der Waals surface area contributed by atoms with Crippen LogP contribution in [0, 0.1) is 0 Å². The van der Waals surface area contributed by atoms with Crippen LogP contribution in [0.15, 0.2) is 36.7 Å². The molecule has 1 aliphatic carbocycles. The summed E-state index contributed by atoms with van der Waals surface area (Å²) in [5, 5.41) is 5.53. The fourth-order valence-corrected chi connectivity index (χ4v) is 5.22. The average molecular weight is 380 g/mol. The van der Waals surface area contributed by atoms with Crippen LogP contribution in [0.25, 0.3) is 16.9 Å². The zero-order valence-corrected chi connectivity index (χ0v) is 16.4. The van der Waals surface area contributed by atoms with E-state index in [2.05, 4.69) is 28.2 Å². The largest absolute Gasteiger partial charge is 0.354 e. The Morgan fingerprint density at radius 2 is 1.85 bits per heavy atom. The standard InChI is InChI=1S/C21H25N5S/c1-2-5-16(6-3-1)17-7-8-19-18(15-17)20(25-11-13-27-14-12-25)24-21(23-19)26-10-4-9-22-26/h4,7-10,15-16H,1-3,5-6,11-14H2. The number of fused-ring (bicyclic) bond motifs is 1. The van der Waals surface area contributed by atoms with Gasteiger partial charge in [-0.3, -0.25) is 0 Å². The molecular weight excluding hydrogens is 354 g/mol. The predicted molar refractivity (Wildman–Crippen MR) is 112 cm³/mol. The molecule has 0 amide bonds. The van der Waals surface area contributed by atoms with Crippen molar-refractivity contribution in [3.63, 3.8) is 0 Å². The molecule has 1 saturated carbocycles. The molecule has 2 aromatic heterocycles. The first-order valence-electron chi connectivity index (χ1n) is 10.0. The summed E-state index contributed by atoms with van der Waals surface area (Å²) in [5.74, 6) is 4.74. The summed E-state index contributed by atoms with van der Waals surface area (Å²) in [6.45, 7) is 2.09. The molecule has 2 aliphatic rings. The van der Waals surface area contributed by atoms with Crippen LogP contribution in [-0.4, -0.2) is 44.3 Å². The molecule has 5 rings (SSSR count). The van der Waals surface area contributed by atoms with Crippen LogP contribution in [-0.2, 0) is 0 Å². The first kappa shape index (κ1) is 17.0. The summed E-state index contributed by atoms with van der Waals surface area (Å²) in [4.78, 5) is 12.2. The highest BCUT2D eigenvalue weighted by molar-refractivity contribution is 7.99. The van der Waals surface area contributed by atoms with Gasteiger partial charge < -0.3 is 4.90 Å². The first-order valence-corrected chi connectivity index (χ1v) is 11.2. The van der Waals surface area contributed by atoms with E-state index in [0.29, 0.717) is 11.9 Å². The minimum atomic E-state index is 0.658. The molecule has 0 spiro atoms. The van der Waals surface area contributed by atoms with Gasteiger partial charge in [0.05, 0.1) is 5.52 Å². The Kier molecular flexibility index (Phi) is 4.74. The normalized spacial score (nSPS) is 18.9. The Hall–Kier alpha value is -2.08. The van der Waals surface area contributed by atoms with Gasteiger partial charge in [-0.15, -0.1) is 0 Å². The van der Waals surface area contributed by atoms with Gasteiger partial charge in [-0.05, 0) is 42.5 Å². The van der Waals surface area contributed by atoms with Crippen LogP contribution in [0.5, 0.6) is 0 Å². The lowest BCUT2D eigenvalue weighted by molar-refractivity contribution is 0.444. The van der Waals surface area contributed by atoms with Crippen molar-refractivity contribution >= 4 is 28.5 Å². The van der Waals surface area contributed by atoms with E-state index in [1.165, 1.54) is 43.1 Å². The predicted octanol–water partition coefficient (Wildman–Crippen LogP) is 4.42. The molecule has 0 bridgehead atoms. The summed E-state index contributed by atoms with van der Waals surface area (Å²) in [5.41, 5.74) is 2.48. The molecule has 0 radical (unpaired) electrons. The molecule has 27 heavy (non-hydrogen) atoms. The van der Waals surface area contributed by atoms with Crippen LogP contribution in [0.2, 0.25) is 0 Å². The van der Waals surface area contributed by atoms with E-state index >= 15 is 0 Å². The van der Waals surface area contributed by atoms with Crippen molar-refractivity contribution in [2.24, 2.45) is 0 Å². The molecule has 0 unspecified atom stereocenters. The van der Waals surface area contributed by atoms with Crippen LogP contribution in [0.4, 0.5) is 5.82 Å². The van der Waals surface area contributed by atoms with E-state index in [1.54, 1.807) is 10.9 Å². The lowest BCUT2D eigenvalue weighted by Gasteiger charge is -2.29. The lowest BCUT2D eigenvalue weighted by Crippen LogP contribution is -2.33. The van der Waals surface area contributed by atoms with Crippen LogP contribution >= 0.6 is 11.8 Å². The highest BCUT2D eigenvalue weighted by Crippen LogP contribution is 2.36. The molecule has 5 nitrogen and oxygen atoms in total. The number of aromatic nitrogens is 4. The van der Waals surface area contributed by atoms with E-state index in [0.717, 1.165) is 35.9 Å². The van der Waals surface area contributed by atoms with Gasteiger partial charge >= 0.3 is 0 Å². The van der Waals surface area contributed by atoms with E-state index in [4.69, 9.17) is 9.97 Å². The second-order valence-corrected chi connectivity index (χ2v) is 8.73. The van der Waals surface area contributed by atoms with Gasteiger partial charge in [0.15, 0.2) is 0 Å². The smallest absolute Gasteiger partial charge is 0.253 e. The minimum Gasteiger partial charge on any atom is -0.354 e. The van der Waals surface area contributed by atoms with Crippen LogP contribution < -0.4 is 4.90 Å². The third-order valence-electron chi connectivity index (χ3n) is 5.78. The maximum Gasteiger partial charge on any atom is 0.253 e. The van der Waals surface area contributed by atoms with Gasteiger partial charge in [-0.25, -0.2) is 9.67 Å². The number of rotatable bonds is 3. The Labute approximate surface area is 164 Å². The average Bonchev–Trinajstić information content (AvgIpc) is 3.29. The van der Waals surface area contributed by atoms with Crippen LogP contribution in [0.3, 0.4) is 0 Å². The van der Waals surface area contributed by atoms with Crippen molar-refractivity contribution < 1.29 is 0 Å². The summed E-state index contributed by atoms with van der Waals surface area (Å²) in [7, 11) is 0. The third-order valence-corrected chi connectivity index (χ3v) is 6.73. The van der Waals surface area contributed by atoms with Gasteiger partial charge in [-0.2, -0.15) is 21.8 Å². The quantitative estimate of drug-likeness (QED) is 0.674. The molecule has 6 heteroatoms. The SMILES string of the molecule is c1cnn(-c2nc(N3CCSCC3)c3cc(C4CCCCC4)ccc3n2)c1. The second kappa shape index (κ2) is 7.50. The van der Waals surface area contributed by atoms with Gasteiger partial charge in [-0.1, -0.05) is 25.3 Å². The van der Waals surface area contributed by atoms with E-state index in [-0.39, 0.29) is 0 Å². The fraction of sp³-hybridized carbons (Fsp3) is 0.476. The zero-order valence-electron chi connectivity index (χ0n) is 15.5. The van der Waals surface area contributed by atoms with Gasteiger partial charge in [0.1, 0.15) is 5.82 Å². The number of thioether (sulfide) groups is 1. The summed E-state index contributed by atoms with van der Waals surface area (Å²) in [6.07, 6.45) is 10.4. The number of anilines is 1. The summed E-state index contributed by atoms with van der Waals surface area (Å²) in [6, 6.07) is 8.76. The second-order valence-electron chi connectivity index (χ2n) is 7.51. The summed E-state index contributed by atoms with van der Waals surface area (Å²) >= 11 is 2.02. The molecule has 1 aliphatic heterocycles. The maximum absolute atomic E-state index is 4.96. The molecule has 3 heterocycles. The van der Waals surface area contributed by atoms with Crippen LogP contribution in [0.1, 0.15) is 43.6 Å². The number of nitrogens with zero attached hydrogens (tertiary/aromatic N) is 5. The van der Waals surface area contributed by atoms with Crippen molar-refractivity contribution in [3.8, 4) is 5.95 Å². The molecule has 140 valence electrons. The molecule has 2 fully saturated rings. The molecular formula is C21H25N5S. The monoisotopic (exact) mass is 379 g/mol. The summed E-state index contributed by atoms with van der Waals surface area (Å²) < 4.78 is 1.76. The van der Waals surface area contributed by atoms with E-state index < -0.39 is 0 Å². The van der Waals surface area contributed by atoms with Gasteiger partial charge in [0, 0.05) is 42.4 Å². The highest BCUT2D eigenvalue weighted by Gasteiger charge is 2.21. The van der Waals surface area contributed by atoms with Crippen molar-refractivity contribution in [3.05, 3.63) is 42.2 Å². The fourth-order valence-electron chi connectivity index (χ4n) is 4.31. The number of hydrogen-bond acceptors (Lipinski definition) is 5. The molecule has 1 saturated heterocycles. The minimum absolute atomic E-state index is 0.658. The van der Waals surface area contributed by atoms with E-state index in [1.807, 2.05) is 24.0 Å². The maximum atomic E-state index is 4.96. The Balaban J connectivity index is 1.62. The highest BCUT2D eigenvalue weighted by atomic mass is 32.2. The van der Waals surface area contributed by atoms with Crippen molar-refractivity contribution in [2.45, 2.75) is 38.0 Å². The third kappa shape index (κ3) is 3.43. The first-order chi connectivity index (χ1) is 13.4. The lowest BCUT2D eigenvalue weighted by atomic mass is 9.84. The number of benzene rings is 1. The van der Waals surface area contributed by atoms with Crippen molar-refractivity contribution in [2.75, 3.05) is 29.5 Å². The number of hydrogen-bond donors (Lipinski definition) is 0. The van der Waals surface area contributed by atoms with Gasteiger partial charge in [0.2, 0.25) is 0 Å². The molecule has 3 aromatic rings. The Morgan fingerprint density at radius 1 is 1.00 bits per heavy atom.